The summed E-state index contributed by atoms with van der Waals surface area (Å²) in [4.78, 5) is 0. The van der Waals surface area contributed by atoms with E-state index in [-0.39, 0.29) is 30.0 Å². The Balaban J connectivity index is 2.84. The Morgan fingerprint density at radius 3 is 2.81 bits per heavy atom. The topological polar surface area (TPSA) is 76.3 Å². The fraction of sp³-hybridized carbons (Fsp3) is 0.364. The molecule has 1 rings (SSSR count). The molecule has 0 spiro atoms. The van der Waals surface area contributed by atoms with Gasteiger partial charge in [-0.15, -0.1) is 0 Å². The fourth-order valence-electron chi connectivity index (χ4n) is 1.24. The number of nitriles is 1. The summed E-state index contributed by atoms with van der Waals surface area (Å²) >= 11 is 0. The minimum atomic E-state index is -0.935. The second kappa shape index (κ2) is 5.45. The lowest BCUT2D eigenvalue weighted by Crippen LogP contribution is -2.23. The van der Waals surface area contributed by atoms with E-state index in [9.17, 15) is 4.39 Å². The summed E-state index contributed by atoms with van der Waals surface area (Å²) < 4.78 is 13.6. The highest BCUT2D eigenvalue weighted by atomic mass is 19.1. The first kappa shape index (κ1) is 12.4. The number of hydrogen-bond acceptors (Lipinski definition) is 4. The van der Waals surface area contributed by atoms with Crippen LogP contribution in [0.1, 0.15) is 11.1 Å². The third kappa shape index (κ3) is 2.69. The van der Waals surface area contributed by atoms with Crippen LogP contribution < -0.4 is 5.32 Å². The normalized spacial score (nSPS) is 11.9. The van der Waals surface area contributed by atoms with Crippen LogP contribution in [0.15, 0.2) is 12.1 Å². The molecule has 4 nitrogen and oxygen atoms in total. The van der Waals surface area contributed by atoms with E-state index in [1.807, 2.05) is 6.07 Å². The van der Waals surface area contributed by atoms with Crippen molar-refractivity contribution < 1.29 is 14.6 Å². The Bertz CT molecular complexity index is 415. The van der Waals surface area contributed by atoms with Gasteiger partial charge in [0, 0.05) is 12.1 Å². The largest absolute Gasteiger partial charge is 0.394 e. The van der Waals surface area contributed by atoms with Crippen molar-refractivity contribution >= 4 is 5.69 Å². The predicted octanol–water partition coefficient (Wildman–Crippen LogP) is 0.771. The molecule has 86 valence electrons. The third-order valence-electron chi connectivity index (χ3n) is 2.25. The molecule has 1 atom stereocenters. The van der Waals surface area contributed by atoms with Gasteiger partial charge in [-0.1, -0.05) is 0 Å². The Kier molecular flexibility index (Phi) is 4.23. The molecule has 0 aliphatic carbocycles. The van der Waals surface area contributed by atoms with E-state index >= 15 is 0 Å². The van der Waals surface area contributed by atoms with Crippen molar-refractivity contribution in [2.75, 3.05) is 18.5 Å². The van der Waals surface area contributed by atoms with Gasteiger partial charge < -0.3 is 15.5 Å². The van der Waals surface area contributed by atoms with Gasteiger partial charge in [0.05, 0.1) is 30.0 Å². The van der Waals surface area contributed by atoms with Crippen LogP contribution in [0, 0.1) is 24.1 Å². The maximum atomic E-state index is 13.6. The van der Waals surface area contributed by atoms with Gasteiger partial charge >= 0.3 is 0 Å². The predicted molar refractivity (Wildman–Crippen MR) is 57.4 cm³/mol. The molecule has 1 aromatic rings. The van der Waals surface area contributed by atoms with E-state index in [1.54, 1.807) is 0 Å². The lowest BCUT2D eigenvalue weighted by Gasteiger charge is -2.12. The summed E-state index contributed by atoms with van der Waals surface area (Å²) in [5.41, 5.74) is 0.765. The van der Waals surface area contributed by atoms with Gasteiger partial charge in [-0.2, -0.15) is 5.26 Å². The van der Waals surface area contributed by atoms with E-state index < -0.39 is 11.9 Å². The van der Waals surface area contributed by atoms with Crippen molar-refractivity contribution in [2.24, 2.45) is 0 Å². The number of benzene rings is 1. The molecule has 0 heterocycles. The Hall–Kier alpha value is -1.64. The van der Waals surface area contributed by atoms with Crippen LogP contribution in [0.25, 0.3) is 0 Å². The molecule has 16 heavy (non-hydrogen) atoms. The fourth-order valence-corrected chi connectivity index (χ4v) is 1.24. The van der Waals surface area contributed by atoms with Crippen LogP contribution in [-0.4, -0.2) is 29.5 Å². The minimum Gasteiger partial charge on any atom is -0.394 e. The number of rotatable bonds is 4. The second-order valence-corrected chi connectivity index (χ2v) is 3.43. The standard InChI is InChI=1S/C11H13FN2O2/c1-7-8(4-13)2-3-10(11(7)12)14-5-9(16)6-15/h2-3,9,14-16H,5-6H2,1H3. The van der Waals surface area contributed by atoms with Crippen molar-refractivity contribution in [1.29, 1.82) is 5.26 Å². The summed E-state index contributed by atoms with van der Waals surface area (Å²) in [6, 6.07) is 4.82. The quantitative estimate of drug-likeness (QED) is 0.706. The molecular weight excluding hydrogens is 211 g/mol. The van der Waals surface area contributed by atoms with Gasteiger partial charge in [-0.25, -0.2) is 4.39 Å². The van der Waals surface area contributed by atoms with Crippen LogP contribution in [0.4, 0.5) is 10.1 Å². The third-order valence-corrected chi connectivity index (χ3v) is 2.25. The smallest absolute Gasteiger partial charge is 0.150 e. The summed E-state index contributed by atoms with van der Waals surface area (Å²) in [6.07, 6.45) is -0.935. The first-order valence-electron chi connectivity index (χ1n) is 4.82. The Morgan fingerprint density at radius 1 is 1.56 bits per heavy atom. The Morgan fingerprint density at radius 2 is 2.25 bits per heavy atom. The molecule has 0 aliphatic rings. The van der Waals surface area contributed by atoms with Gasteiger partial charge in [0.1, 0.15) is 0 Å². The highest BCUT2D eigenvalue weighted by Gasteiger charge is 2.10. The van der Waals surface area contributed by atoms with Crippen molar-refractivity contribution in [3.63, 3.8) is 0 Å². The molecule has 0 aromatic heterocycles. The van der Waals surface area contributed by atoms with E-state index in [4.69, 9.17) is 15.5 Å². The zero-order chi connectivity index (χ0) is 12.1. The van der Waals surface area contributed by atoms with Crippen LogP contribution in [0.3, 0.4) is 0 Å². The van der Waals surface area contributed by atoms with Crippen molar-refractivity contribution in [2.45, 2.75) is 13.0 Å². The van der Waals surface area contributed by atoms with Crippen LogP contribution in [-0.2, 0) is 0 Å². The molecule has 0 aliphatic heterocycles. The molecule has 0 saturated carbocycles. The number of hydrogen-bond donors (Lipinski definition) is 3. The average Bonchev–Trinajstić information content (AvgIpc) is 2.30. The molecule has 0 saturated heterocycles. The van der Waals surface area contributed by atoms with Gasteiger partial charge in [0.2, 0.25) is 0 Å². The first-order chi connectivity index (χ1) is 7.60. The molecule has 3 N–H and O–H groups in total. The summed E-state index contributed by atoms with van der Waals surface area (Å²) in [6.45, 7) is 1.18. The van der Waals surface area contributed by atoms with E-state index in [1.165, 1.54) is 19.1 Å². The van der Waals surface area contributed by atoms with Gasteiger partial charge in [0.25, 0.3) is 0 Å². The maximum absolute atomic E-state index is 13.6. The minimum absolute atomic E-state index is 0.0543. The summed E-state index contributed by atoms with van der Waals surface area (Å²) in [7, 11) is 0. The van der Waals surface area contributed by atoms with Gasteiger partial charge in [0.15, 0.2) is 5.82 Å². The highest BCUT2D eigenvalue weighted by molar-refractivity contribution is 5.53. The number of aliphatic hydroxyl groups is 2. The summed E-state index contributed by atoms with van der Waals surface area (Å²) in [5.74, 6) is -0.510. The maximum Gasteiger partial charge on any atom is 0.150 e. The van der Waals surface area contributed by atoms with Crippen molar-refractivity contribution in [1.82, 2.24) is 0 Å². The summed E-state index contributed by atoms with van der Waals surface area (Å²) in [5, 5.41) is 29.0. The lowest BCUT2D eigenvalue weighted by atomic mass is 10.1. The molecular formula is C11H13FN2O2. The van der Waals surface area contributed by atoms with Crippen molar-refractivity contribution in [3.05, 3.63) is 29.1 Å². The number of nitrogens with one attached hydrogen (secondary N) is 1. The van der Waals surface area contributed by atoms with Crippen LogP contribution in [0.2, 0.25) is 0 Å². The van der Waals surface area contributed by atoms with Crippen molar-refractivity contribution in [3.8, 4) is 6.07 Å². The molecule has 0 radical (unpaired) electrons. The number of nitrogens with zero attached hydrogens (tertiary/aromatic N) is 1. The van der Waals surface area contributed by atoms with E-state index in [0.717, 1.165) is 0 Å². The Labute approximate surface area is 93.0 Å². The monoisotopic (exact) mass is 224 g/mol. The average molecular weight is 224 g/mol. The van der Waals surface area contributed by atoms with Crippen LogP contribution in [0.5, 0.6) is 0 Å². The van der Waals surface area contributed by atoms with E-state index in [0.29, 0.717) is 0 Å². The van der Waals surface area contributed by atoms with Crippen LogP contribution >= 0.6 is 0 Å². The molecule has 0 fully saturated rings. The number of halogens is 1. The molecule has 0 bridgehead atoms. The van der Waals surface area contributed by atoms with E-state index in [2.05, 4.69) is 5.32 Å². The number of anilines is 1. The van der Waals surface area contributed by atoms with Gasteiger partial charge in [-0.3, -0.25) is 0 Å². The van der Waals surface area contributed by atoms with Gasteiger partial charge in [-0.05, 0) is 19.1 Å². The zero-order valence-electron chi connectivity index (χ0n) is 8.87. The first-order valence-corrected chi connectivity index (χ1v) is 4.82. The molecule has 5 heteroatoms. The SMILES string of the molecule is Cc1c(C#N)ccc(NCC(O)CO)c1F. The second-order valence-electron chi connectivity index (χ2n) is 3.43. The highest BCUT2D eigenvalue weighted by Crippen LogP contribution is 2.20. The molecule has 1 unspecified atom stereocenters. The zero-order valence-corrected chi connectivity index (χ0v) is 8.87. The number of aliphatic hydroxyl groups excluding tert-OH is 2. The molecule has 0 amide bonds. The molecule has 1 aromatic carbocycles. The lowest BCUT2D eigenvalue weighted by molar-refractivity contribution is 0.105.